The summed E-state index contributed by atoms with van der Waals surface area (Å²) in [6.07, 6.45) is 0. The molecule has 0 saturated heterocycles. The first-order valence-electron chi connectivity index (χ1n) is 6.47. The molecule has 0 bridgehead atoms. The molecule has 2 aromatic rings. The summed E-state index contributed by atoms with van der Waals surface area (Å²) in [5.41, 5.74) is 8.38. The topological polar surface area (TPSA) is 58.7 Å². The number of nitrogens with zero attached hydrogens (tertiary/aromatic N) is 1. The number of nitrogen functional groups attached to an aromatic ring is 1. The van der Waals surface area contributed by atoms with E-state index in [2.05, 4.69) is 11.0 Å². The van der Waals surface area contributed by atoms with Crippen LogP contribution in [0.5, 0.6) is 11.5 Å². The first-order valence-corrected chi connectivity index (χ1v) is 6.47. The van der Waals surface area contributed by atoms with Crippen molar-refractivity contribution in [3.8, 4) is 11.5 Å². The number of anilines is 1. The Balaban J connectivity index is 2.00. The van der Waals surface area contributed by atoms with Gasteiger partial charge in [-0.1, -0.05) is 18.2 Å². The summed E-state index contributed by atoms with van der Waals surface area (Å²) >= 11 is 0. The van der Waals surface area contributed by atoms with Crippen molar-refractivity contribution >= 4 is 5.69 Å². The first-order chi connectivity index (χ1) is 9.58. The highest BCUT2D eigenvalue weighted by atomic mass is 16.5. The van der Waals surface area contributed by atoms with Crippen LogP contribution in [-0.2, 0) is 13.1 Å². The van der Waals surface area contributed by atoms with Crippen LogP contribution in [0.4, 0.5) is 5.69 Å². The van der Waals surface area contributed by atoms with Crippen molar-refractivity contribution in [3.63, 3.8) is 0 Å². The molecule has 20 heavy (non-hydrogen) atoms. The second kappa shape index (κ2) is 6.30. The number of phenolic OH excluding ortho intramolecular Hbond substituents is 1. The maximum atomic E-state index is 9.42. The minimum atomic E-state index is 0.129. The number of rotatable bonds is 5. The summed E-state index contributed by atoms with van der Waals surface area (Å²) in [4.78, 5) is 2.18. The minimum absolute atomic E-state index is 0.129. The zero-order chi connectivity index (χ0) is 14.5. The van der Waals surface area contributed by atoms with Crippen LogP contribution < -0.4 is 10.5 Å². The van der Waals surface area contributed by atoms with E-state index in [-0.39, 0.29) is 5.75 Å². The molecule has 4 heteroatoms. The second-order valence-electron chi connectivity index (χ2n) is 4.92. The summed E-state index contributed by atoms with van der Waals surface area (Å²) in [5, 5.41) is 9.42. The van der Waals surface area contributed by atoms with E-state index in [1.807, 2.05) is 31.3 Å². The number of ether oxygens (including phenoxy) is 1. The zero-order valence-electron chi connectivity index (χ0n) is 11.8. The molecule has 0 aliphatic heterocycles. The normalized spacial score (nSPS) is 10.8. The third-order valence-corrected chi connectivity index (χ3v) is 3.13. The Morgan fingerprint density at radius 2 is 1.80 bits per heavy atom. The molecule has 106 valence electrons. The van der Waals surface area contributed by atoms with E-state index in [9.17, 15) is 5.11 Å². The molecule has 0 unspecified atom stereocenters. The Morgan fingerprint density at radius 3 is 2.45 bits per heavy atom. The minimum Gasteiger partial charge on any atom is -0.506 e. The number of benzene rings is 2. The number of phenols is 1. The fourth-order valence-corrected chi connectivity index (χ4v) is 2.15. The molecular formula is C16H20N2O2. The van der Waals surface area contributed by atoms with Crippen LogP contribution in [0, 0.1) is 0 Å². The largest absolute Gasteiger partial charge is 0.506 e. The first kappa shape index (κ1) is 14.2. The molecule has 4 nitrogen and oxygen atoms in total. The maximum absolute atomic E-state index is 9.42. The van der Waals surface area contributed by atoms with Crippen LogP contribution in [0.2, 0.25) is 0 Å². The molecule has 0 radical (unpaired) electrons. The summed E-state index contributed by atoms with van der Waals surface area (Å²) < 4.78 is 5.22. The van der Waals surface area contributed by atoms with Gasteiger partial charge >= 0.3 is 0 Å². The van der Waals surface area contributed by atoms with E-state index in [0.29, 0.717) is 5.69 Å². The summed E-state index contributed by atoms with van der Waals surface area (Å²) in [6, 6.07) is 13.3. The molecule has 0 aliphatic rings. The quantitative estimate of drug-likeness (QED) is 0.649. The highest BCUT2D eigenvalue weighted by molar-refractivity contribution is 5.53. The fraction of sp³-hybridized carbons (Fsp3) is 0.250. The molecule has 0 amide bonds. The SMILES string of the molecule is COc1cccc(CN(C)Cc2ccc(O)c(N)c2)c1. The van der Waals surface area contributed by atoms with Gasteiger partial charge in [0.2, 0.25) is 0 Å². The van der Waals surface area contributed by atoms with Gasteiger partial charge in [-0.3, -0.25) is 4.90 Å². The third-order valence-electron chi connectivity index (χ3n) is 3.13. The van der Waals surface area contributed by atoms with Crippen LogP contribution >= 0.6 is 0 Å². The van der Waals surface area contributed by atoms with Crippen molar-refractivity contribution in [2.45, 2.75) is 13.1 Å². The molecule has 2 rings (SSSR count). The van der Waals surface area contributed by atoms with Crippen molar-refractivity contribution in [1.29, 1.82) is 0 Å². The van der Waals surface area contributed by atoms with E-state index in [0.717, 1.165) is 24.4 Å². The Labute approximate surface area is 119 Å². The Kier molecular flexibility index (Phi) is 4.48. The van der Waals surface area contributed by atoms with Crippen LogP contribution in [0.15, 0.2) is 42.5 Å². The summed E-state index contributed by atoms with van der Waals surface area (Å²) in [6.45, 7) is 1.58. The Morgan fingerprint density at radius 1 is 1.10 bits per heavy atom. The number of nitrogens with two attached hydrogens (primary N) is 1. The smallest absolute Gasteiger partial charge is 0.138 e. The van der Waals surface area contributed by atoms with Crippen LogP contribution in [-0.4, -0.2) is 24.2 Å². The van der Waals surface area contributed by atoms with Crippen molar-refractivity contribution < 1.29 is 9.84 Å². The lowest BCUT2D eigenvalue weighted by Gasteiger charge is -2.17. The van der Waals surface area contributed by atoms with Gasteiger partial charge in [0.25, 0.3) is 0 Å². The number of hydrogen-bond acceptors (Lipinski definition) is 4. The number of methoxy groups -OCH3 is 1. The van der Waals surface area contributed by atoms with Gasteiger partial charge in [-0.15, -0.1) is 0 Å². The Hall–Kier alpha value is -2.20. The molecule has 0 atom stereocenters. The van der Waals surface area contributed by atoms with Crippen LogP contribution in [0.3, 0.4) is 0 Å². The molecule has 0 spiro atoms. The second-order valence-corrected chi connectivity index (χ2v) is 4.92. The number of hydrogen-bond donors (Lipinski definition) is 2. The predicted octanol–water partition coefficient (Wildman–Crippen LogP) is 2.62. The van der Waals surface area contributed by atoms with Crippen molar-refractivity contribution in [2.75, 3.05) is 19.9 Å². The summed E-state index contributed by atoms with van der Waals surface area (Å²) in [7, 11) is 3.71. The molecule has 0 aromatic heterocycles. The van der Waals surface area contributed by atoms with Gasteiger partial charge in [0.15, 0.2) is 0 Å². The standard InChI is InChI=1S/C16H20N2O2/c1-18(10-12-4-3-5-14(8-12)20-2)11-13-6-7-16(19)15(17)9-13/h3-9,19H,10-11,17H2,1-2H3. The summed E-state index contributed by atoms with van der Waals surface area (Å²) in [5.74, 6) is 0.994. The lowest BCUT2D eigenvalue weighted by molar-refractivity contribution is 0.318. The molecule has 0 fully saturated rings. The molecule has 0 aliphatic carbocycles. The zero-order valence-corrected chi connectivity index (χ0v) is 11.8. The lowest BCUT2D eigenvalue weighted by atomic mass is 10.1. The van der Waals surface area contributed by atoms with Gasteiger partial charge < -0.3 is 15.6 Å². The predicted molar refractivity (Wildman–Crippen MR) is 80.7 cm³/mol. The van der Waals surface area contributed by atoms with E-state index in [1.54, 1.807) is 19.2 Å². The highest BCUT2D eigenvalue weighted by Crippen LogP contribution is 2.21. The maximum Gasteiger partial charge on any atom is 0.138 e. The molecule has 0 heterocycles. The highest BCUT2D eigenvalue weighted by Gasteiger charge is 2.05. The van der Waals surface area contributed by atoms with Gasteiger partial charge in [0, 0.05) is 13.1 Å². The van der Waals surface area contributed by atoms with Crippen LogP contribution in [0.25, 0.3) is 0 Å². The molecule has 0 saturated carbocycles. The van der Waals surface area contributed by atoms with E-state index < -0.39 is 0 Å². The van der Waals surface area contributed by atoms with Crippen molar-refractivity contribution in [1.82, 2.24) is 4.90 Å². The van der Waals surface area contributed by atoms with E-state index in [1.165, 1.54) is 5.56 Å². The van der Waals surface area contributed by atoms with Gasteiger partial charge in [-0.05, 0) is 42.4 Å². The lowest BCUT2D eigenvalue weighted by Crippen LogP contribution is -2.17. The Bertz CT molecular complexity index is 584. The van der Waals surface area contributed by atoms with Gasteiger partial charge in [-0.25, -0.2) is 0 Å². The molecular weight excluding hydrogens is 252 g/mol. The van der Waals surface area contributed by atoms with E-state index >= 15 is 0 Å². The van der Waals surface area contributed by atoms with Crippen molar-refractivity contribution in [2.24, 2.45) is 0 Å². The van der Waals surface area contributed by atoms with Gasteiger partial charge in [-0.2, -0.15) is 0 Å². The molecule has 3 N–H and O–H groups in total. The van der Waals surface area contributed by atoms with Crippen LogP contribution in [0.1, 0.15) is 11.1 Å². The molecule has 2 aromatic carbocycles. The van der Waals surface area contributed by atoms with E-state index in [4.69, 9.17) is 10.5 Å². The van der Waals surface area contributed by atoms with Crippen molar-refractivity contribution in [3.05, 3.63) is 53.6 Å². The monoisotopic (exact) mass is 272 g/mol. The third kappa shape index (κ3) is 3.65. The average molecular weight is 272 g/mol. The average Bonchev–Trinajstić information content (AvgIpc) is 2.43. The fourth-order valence-electron chi connectivity index (χ4n) is 2.15. The van der Waals surface area contributed by atoms with Gasteiger partial charge in [0.05, 0.1) is 12.8 Å². The number of aromatic hydroxyl groups is 1. The van der Waals surface area contributed by atoms with Gasteiger partial charge in [0.1, 0.15) is 11.5 Å².